The van der Waals surface area contributed by atoms with E-state index in [0.717, 1.165) is 6.42 Å². The quantitative estimate of drug-likeness (QED) is 0.798. The van der Waals surface area contributed by atoms with Crippen molar-refractivity contribution < 1.29 is 9.59 Å². The van der Waals surface area contributed by atoms with Crippen molar-refractivity contribution >= 4 is 23.6 Å². The van der Waals surface area contributed by atoms with E-state index in [2.05, 4.69) is 11.6 Å². The summed E-state index contributed by atoms with van der Waals surface area (Å²) >= 11 is 1.83. The highest BCUT2D eigenvalue weighted by Gasteiger charge is 2.31. The number of hydrogen-bond donors (Lipinski definition) is 1. The normalized spacial score (nSPS) is 24.2. The van der Waals surface area contributed by atoms with Gasteiger partial charge in [-0.15, -0.1) is 0 Å². The van der Waals surface area contributed by atoms with Gasteiger partial charge in [-0.05, 0) is 19.1 Å². The number of amides is 2. The fourth-order valence-corrected chi connectivity index (χ4v) is 3.17. The highest BCUT2D eigenvalue weighted by Crippen LogP contribution is 2.31. The molecule has 0 unspecified atom stereocenters. The molecule has 2 atom stereocenters. The molecule has 1 saturated carbocycles. The number of likely N-dealkylation sites (N-methyl/N-ethyl adjacent to an activating group) is 1. The molecule has 0 bridgehead atoms. The van der Waals surface area contributed by atoms with Crippen LogP contribution in [0.2, 0.25) is 0 Å². The molecule has 1 aliphatic rings. The first kappa shape index (κ1) is 13.4. The first-order chi connectivity index (χ1) is 7.56. The van der Waals surface area contributed by atoms with Crippen molar-refractivity contribution in [2.24, 2.45) is 0 Å². The van der Waals surface area contributed by atoms with Crippen molar-refractivity contribution in [3.05, 3.63) is 0 Å². The van der Waals surface area contributed by atoms with Crippen LogP contribution in [0.5, 0.6) is 0 Å². The van der Waals surface area contributed by atoms with E-state index in [1.165, 1.54) is 19.8 Å². The third-order valence-corrected chi connectivity index (χ3v) is 4.26. The maximum atomic E-state index is 11.8. The van der Waals surface area contributed by atoms with E-state index in [0.29, 0.717) is 11.3 Å². The summed E-state index contributed by atoms with van der Waals surface area (Å²) in [5.41, 5.74) is 0. The second-order valence-electron chi connectivity index (χ2n) is 4.19. The lowest BCUT2D eigenvalue weighted by atomic mass is 10.2. The Kier molecular flexibility index (Phi) is 5.12. The van der Waals surface area contributed by atoms with Crippen LogP contribution in [-0.4, -0.2) is 47.9 Å². The van der Waals surface area contributed by atoms with Crippen LogP contribution in [0.25, 0.3) is 0 Å². The summed E-state index contributed by atoms with van der Waals surface area (Å²) in [5, 5.41) is 3.09. The van der Waals surface area contributed by atoms with Crippen molar-refractivity contribution in [1.29, 1.82) is 0 Å². The van der Waals surface area contributed by atoms with Crippen LogP contribution in [0, 0.1) is 0 Å². The summed E-state index contributed by atoms with van der Waals surface area (Å²) in [6.45, 7) is 1.54. The molecule has 1 N–H and O–H groups in total. The maximum Gasteiger partial charge on any atom is 0.241 e. The number of nitrogens with zero attached hydrogens (tertiary/aromatic N) is 1. The zero-order valence-corrected chi connectivity index (χ0v) is 11.0. The van der Waals surface area contributed by atoms with E-state index in [4.69, 9.17) is 0 Å². The largest absolute Gasteiger partial charge is 0.347 e. The zero-order valence-electron chi connectivity index (χ0n) is 10.2. The Balaban J connectivity index is 2.46. The molecule has 4 nitrogen and oxygen atoms in total. The van der Waals surface area contributed by atoms with E-state index < -0.39 is 0 Å². The van der Waals surface area contributed by atoms with Crippen LogP contribution in [0.1, 0.15) is 26.2 Å². The Morgan fingerprint density at radius 1 is 1.44 bits per heavy atom. The second kappa shape index (κ2) is 6.13. The first-order valence-electron chi connectivity index (χ1n) is 5.59. The standard InChI is InChI=1S/C11H20N2O2S/c1-8(14)12-7-11(15)13(2)9-5-4-6-10(9)16-3/h9-10H,4-7H2,1-3H3,(H,12,14)/t9-,10-/m0/s1. The Morgan fingerprint density at radius 2 is 2.12 bits per heavy atom. The number of thioether (sulfide) groups is 1. The monoisotopic (exact) mass is 244 g/mol. The van der Waals surface area contributed by atoms with Crippen LogP contribution >= 0.6 is 11.8 Å². The number of carbonyl (C=O) groups excluding carboxylic acids is 2. The number of nitrogens with one attached hydrogen (secondary N) is 1. The van der Waals surface area contributed by atoms with Crippen molar-refractivity contribution in [3.8, 4) is 0 Å². The third-order valence-electron chi connectivity index (χ3n) is 3.10. The Morgan fingerprint density at radius 3 is 2.69 bits per heavy atom. The summed E-state index contributed by atoms with van der Waals surface area (Å²) in [7, 11) is 1.84. The lowest BCUT2D eigenvalue weighted by molar-refractivity contribution is -0.132. The van der Waals surface area contributed by atoms with Crippen LogP contribution in [0.15, 0.2) is 0 Å². The molecular formula is C11H20N2O2S. The molecule has 0 aromatic heterocycles. The highest BCUT2D eigenvalue weighted by molar-refractivity contribution is 7.99. The summed E-state index contributed by atoms with van der Waals surface area (Å²) < 4.78 is 0. The zero-order chi connectivity index (χ0) is 12.1. The molecule has 92 valence electrons. The number of hydrogen-bond acceptors (Lipinski definition) is 3. The number of carbonyl (C=O) groups is 2. The van der Waals surface area contributed by atoms with Crippen LogP contribution in [0.3, 0.4) is 0 Å². The average molecular weight is 244 g/mol. The van der Waals surface area contributed by atoms with E-state index >= 15 is 0 Å². The predicted molar refractivity (Wildman–Crippen MR) is 66.4 cm³/mol. The minimum Gasteiger partial charge on any atom is -0.347 e. The summed E-state index contributed by atoms with van der Waals surface area (Å²) in [6.07, 6.45) is 5.54. The summed E-state index contributed by atoms with van der Waals surface area (Å²) in [4.78, 5) is 24.3. The van der Waals surface area contributed by atoms with Gasteiger partial charge in [-0.1, -0.05) is 6.42 Å². The van der Waals surface area contributed by atoms with Gasteiger partial charge in [0, 0.05) is 25.3 Å². The predicted octanol–water partition coefficient (Wildman–Crippen LogP) is 0.865. The van der Waals surface area contributed by atoms with Crippen LogP contribution < -0.4 is 5.32 Å². The molecule has 0 aliphatic heterocycles. The molecule has 0 saturated heterocycles. The van der Waals surface area contributed by atoms with Gasteiger partial charge in [0.25, 0.3) is 0 Å². The van der Waals surface area contributed by atoms with Gasteiger partial charge in [0.05, 0.1) is 6.54 Å². The van der Waals surface area contributed by atoms with Gasteiger partial charge in [-0.3, -0.25) is 9.59 Å². The van der Waals surface area contributed by atoms with E-state index in [9.17, 15) is 9.59 Å². The van der Waals surface area contributed by atoms with E-state index in [-0.39, 0.29) is 18.4 Å². The van der Waals surface area contributed by atoms with Crippen molar-refractivity contribution in [2.75, 3.05) is 19.8 Å². The topological polar surface area (TPSA) is 49.4 Å². The molecular weight excluding hydrogens is 224 g/mol. The molecule has 16 heavy (non-hydrogen) atoms. The molecule has 5 heteroatoms. The van der Waals surface area contributed by atoms with E-state index in [1.54, 1.807) is 4.90 Å². The van der Waals surface area contributed by atoms with Gasteiger partial charge in [0.1, 0.15) is 0 Å². The van der Waals surface area contributed by atoms with Crippen molar-refractivity contribution in [1.82, 2.24) is 10.2 Å². The molecule has 0 aromatic carbocycles. The van der Waals surface area contributed by atoms with Gasteiger partial charge in [-0.25, -0.2) is 0 Å². The summed E-state index contributed by atoms with van der Waals surface area (Å²) in [5.74, 6) is -0.157. The Bertz CT molecular complexity index is 271. The smallest absolute Gasteiger partial charge is 0.241 e. The molecule has 0 aromatic rings. The van der Waals surface area contributed by atoms with Gasteiger partial charge in [-0.2, -0.15) is 11.8 Å². The fourth-order valence-electron chi connectivity index (χ4n) is 2.13. The minimum atomic E-state index is -0.158. The molecule has 1 fully saturated rings. The van der Waals surface area contributed by atoms with Crippen LogP contribution in [-0.2, 0) is 9.59 Å². The fraction of sp³-hybridized carbons (Fsp3) is 0.818. The maximum absolute atomic E-state index is 11.8. The SMILES string of the molecule is CS[C@H]1CCC[C@@H]1N(C)C(=O)CNC(C)=O. The highest BCUT2D eigenvalue weighted by atomic mass is 32.2. The molecule has 2 amide bonds. The van der Waals surface area contributed by atoms with Gasteiger partial charge >= 0.3 is 0 Å². The Labute approximate surface area is 101 Å². The van der Waals surface area contributed by atoms with Crippen molar-refractivity contribution in [2.45, 2.75) is 37.5 Å². The minimum absolute atomic E-state index is 0.00106. The van der Waals surface area contributed by atoms with Crippen molar-refractivity contribution in [3.63, 3.8) is 0 Å². The molecule has 1 rings (SSSR count). The van der Waals surface area contributed by atoms with Gasteiger partial charge in [0.15, 0.2) is 0 Å². The van der Waals surface area contributed by atoms with Crippen LogP contribution in [0.4, 0.5) is 0 Å². The Hall–Kier alpha value is -0.710. The average Bonchev–Trinajstić information content (AvgIpc) is 2.72. The lowest BCUT2D eigenvalue weighted by Gasteiger charge is -2.29. The third kappa shape index (κ3) is 3.40. The van der Waals surface area contributed by atoms with Gasteiger partial charge < -0.3 is 10.2 Å². The first-order valence-corrected chi connectivity index (χ1v) is 6.88. The van der Waals surface area contributed by atoms with E-state index in [1.807, 2.05) is 18.8 Å². The molecule has 0 spiro atoms. The summed E-state index contributed by atoms with van der Waals surface area (Å²) in [6, 6.07) is 0.330. The molecule has 1 aliphatic carbocycles. The lowest BCUT2D eigenvalue weighted by Crippen LogP contribution is -2.45. The van der Waals surface area contributed by atoms with Gasteiger partial charge in [0.2, 0.25) is 11.8 Å². The number of rotatable bonds is 4. The second-order valence-corrected chi connectivity index (χ2v) is 5.26. The molecule has 0 radical (unpaired) electrons. The molecule has 0 heterocycles.